The SMILES string of the molecule is C.C=C(OCCCOCCCOC)c1c(F)cc(C2CCC(C)CC2)cc1F.CC1CCC(C)CC1. The van der Waals surface area contributed by atoms with Crippen LogP contribution in [-0.4, -0.2) is 33.5 Å². The third-order valence-corrected chi connectivity index (χ3v) is 7.48. The second-order valence-electron chi connectivity index (χ2n) is 10.8. The summed E-state index contributed by atoms with van der Waals surface area (Å²) in [5.74, 6) is 1.83. The van der Waals surface area contributed by atoms with Crippen LogP contribution in [0.5, 0.6) is 0 Å². The van der Waals surface area contributed by atoms with Gasteiger partial charge in [-0.3, -0.25) is 0 Å². The van der Waals surface area contributed by atoms with Gasteiger partial charge in [-0.15, -0.1) is 0 Å². The van der Waals surface area contributed by atoms with Crippen LogP contribution < -0.4 is 0 Å². The zero-order valence-corrected chi connectivity index (χ0v) is 22.6. The van der Waals surface area contributed by atoms with Gasteiger partial charge in [-0.25, -0.2) is 8.78 Å². The van der Waals surface area contributed by atoms with Crippen molar-refractivity contribution in [2.45, 2.75) is 98.3 Å². The first-order chi connectivity index (χ1) is 16.8. The highest BCUT2D eigenvalue weighted by molar-refractivity contribution is 5.59. The van der Waals surface area contributed by atoms with Gasteiger partial charge in [-0.05, 0) is 60.6 Å². The lowest BCUT2D eigenvalue weighted by Crippen LogP contribution is -2.12. The van der Waals surface area contributed by atoms with Crippen LogP contribution in [0.2, 0.25) is 0 Å². The molecular formula is C31H52F2O3. The molecule has 0 aromatic heterocycles. The van der Waals surface area contributed by atoms with Gasteiger partial charge in [0.2, 0.25) is 0 Å². The lowest BCUT2D eigenvalue weighted by molar-refractivity contribution is 0.0916. The maximum absolute atomic E-state index is 14.5. The van der Waals surface area contributed by atoms with Gasteiger partial charge in [-0.1, -0.05) is 73.3 Å². The molecule has 2 aliphatic carbocycles. The van der Waals surface area contributed by atoms with Crippen LogP contribution in [0.15, 0.2) is 18.7 Å². The van der Waals surface area contributed by atoms with Crippen molar-refractivity contribution in [3.63, 3.8) is 0 Å². The van der Waals surface area contributed by atoms with Crippen molar-refractivity contribution in [1.82, 2.24) is 0 Å². The first-order valence-electron chi connectivity index (χ1n) is 13.7. The minimum absolute atomic E-state index is 0. The van der Waals surface area contributed by atoms with Gasteiger partial charge in [0.05, 0.1) is 12.2 Å². The first kappa shape index (κ1) is 32.6. The normalized spacial score (nSPS) is 23.7. The Morgan fingerprint density at radius 3 is 1.69 bits per heavy atom. The molecule has 2 aliphatic rings. The van der Waals surface area contributed by atoms with Gasteiger partial charge < -0.3 is 14.2 Å². The Hall–Kier alpha value is -1.46. The summed E-state index contributed by atoms with van der Waals surface area (Å²) in [6, 6.07) is 2.90. The number of halogens is 2. The fourth-order valence-electron chi connectivity index (χ4n) is 4.95. The summed E-state index contributed by atoms with van der Waals surface area (Å²) in [7, 11) is 1.65. The van der Waals surface area contributed by atoms with E-state index in [2.05, 4.69) is 27.4 Å². The molecule has 2 saturated carbocycles. The standard InChI is InChI=1S/C22H32F2O3.C8H16.CH4/c1-16-6-8-18(9-7-16)19-14-20(23)22(21(24)15-19)17(2)27-13-5-12-26-11-4-10-25-3;1-7-3-5-8(2)6-4-7;/h14-16,18H,2,4-13H2,1,3H3;7-8H,3-6H2,1-2H3;1H4. The molecule has 0 radical (unpaired) electrons. The topological polar surface area (TPSA) is 27.7 Å². The molecule has 0 N–H and O–H groups in total. The van der Waals surface area contributed by atoms with Crippen LogP contribution in [0.4, 0.5) is 8.78 Å². The molecule has 0 amide bonds. The molecule has 0 atom stereocenters. The molecule has 0 aliphatic heterocycles. The molecule has 0 saturated heterocycles. The van der Waals surface area contributed by atoms with E-state index < -0.39 is 11.6 Å². The maximum Gasteiger partial charge on any atom is 0.137 e. The van der Waals surface area contributed by atoms with Gasteiger partial charge in [0.15, 0.2) is 0 Å². The van der Waals surface area contributed by atoms with Gasteiger partial charge in [0.1, 0.15) is 17.4 Å². The Morgan fingerprint density at radius 1 is 0.778 bits per heavy atom. The number of benzene rings is 1. The molecular weight excluding hydrogens is 458 g/mol. The highest BCUT2D eigenvalue weighted by Gasteiger charge is 2.23. The molecule has 0 bridgehead atoms. The van der Waals surface area contributed by atoms with E-state index in [1.807, 2.05) is 0 Å². The molecule has 0 spiro atoms. The third kappa shape index (κ3) is 11.7. The summed E-state index contributed by atoms with van der Waals surface area (Å²) < 4.78 is 44.8. The number of hydrogen-bond donors (Lipinski definition) is 0. The molecule has 3 rings (SSSR count). The monoisotopic (exact) mass is 510 g/mol. The van der Waals surface area contributed by atoms with Crippen molar-refractivity contribution in [3.05, 3.63) is 41.5 Å². The number of ether oxygens (including phenoxy) is 3. The first-order valence-corrected chi connectivity index (χ1v) is 13.7. The van der Waals surface area contributed by atoms with Gasteiger partial charge in [0, 0.05) is 33.4 Å². The highest BCUT2D eigenvalue weighted by atomic mass is 19.1. The zero-order chi connectivity index (χ0) is 25.6. The van der Waals surface area contributed by atoms with E-state index in [0.717, 1.165) is 49.5 Å². The second kappa shape index (κ2) is 17.9. The minimum atomic E-state index is -0.593. The van der Waals surface area contributed by atoms with Crippen LogP contribution in [0.3, 0.4) is 0 Å². The molecule has 5 heteroatoms. The molecule has 3 nitrogen and oxygen atoms in total. The van der Waals surface area contributed by atoms with Crippen LogP contribution in [0.25, 0.3) is 5.76 Å². The van der Waals surface area contributed by atoms with Crippen molar-refractivity contribution < 1.29 is 23.0 Å². The Labute approximate surface area is 220 Å². The van der Waals surface area contributed by atoms with Crippen LogP contribution in [-0.2, 0) is 14.2 Å². The average molecular weight is 511 g/mol. The summed E-state index contributed by atoms with van der Waals surface area (Å²) in [5.41, 5.74) is 0.585. The van der Waals surface area contributed by atoms with Crippen molar-refractivity contribution in [2.75, 3.05) is 33.5 Å². The Bertz CT molecular complexity index is 702. The Balaban J connectivity index is 0.000000611. The molecule has 1 aromatic rings. The molecule has 36 heavy (non-hydrogen) atoms. The van der Waals surface area contributed by atoms with Crippen LogP contribution in [0, 0.1) is 29.4 Å². The van der Waals surface area contributed by atoms with Gasteiger partial charge >= 0.3 is 0 Å². The fraction of sp³-hybridized carbons (Fsp3) is 0.742. The van der Waals surface area contributed by atoms with Crippen molar-refractivity contribution in [3.8, 4) is 0 Å². The summed E-state index contributed by atoms with van der Waals surface area (Å²) in [6.07, 6.45) is 11.6. The van der Waals surface area contributed by atoms with Gasteiger partial charge in [0.25, 0.3) is 0 Å². The fourth-order valence-corrected chi connectivity index (χ4v) is 4.95. The average Bonchev–Trinajstić information content (AvgIpc) is 2.83. The van der Waals surface area contributed by atoms with Crippen LogP contribution in [0.1, 0.15) is 109 Å². The van der Waals surface area contributed by atoms with Crippen LogP contribution >= 0.6 is 0 Å². The van der Waals surface area contributed by atoms with E-state index in [0.29, 0.717) is 38.8 Å². The lowest BCUT2D eigenvalue weighted by Gasteiger charge is -2.26. The number of hydrogen-bond acceptors (Lipinski definition) is 3. The summed E-state index contributed by atoms with van der Waals surface area (Å²) in [4.78, 5) is 0. The van der Waals surface area contributed by atoms with E-state index in [-0.39, 0.29) is 24.7 Å². The molecule has 0 heterocycles. The summed E-state index contributed by atoms with van der Waals surface area (Å²) >= 11 is 0. The van der Waals surface area contributed by atoms with Gasteiger partial charge in [-0.2, -0.15) is 0 Å². The predicted octanol–water partition coefficient (Wildman–Crippen LogP) is 9.16. The van der Waals surface area contributed by atoms with E-state index in [4.69, 9.17) is 14.2 Å². The maximum atomic E-state index is 14.5. The van der Waals surface area contributed by atoms with E-state index in [9.17, 15) is 8.78 Å². The molecule has 1 aromatic carbocycles. The van der Waals surface area contributed by atoms with E-state index >= 15 is 0 Å². The van der Waals surface area contributed by atoms with E-state index in [1.165, 1.54) is 37.8 Å². The van der Waals surface area contributed by atoms with Crippen molar-refractivity contribution in [1.29, 1.82) is 0 Å². The molecule has 0 unspecified atom stereocenters. The minimum Gasteiger partial charge on any atom is -0.493 e. The molecule has 2 fully saturated rings. The second-order valence-corrected chi connectivity index (χ2v) is 10.8. The zero-order valence-electron chi connectivity index (χ0n) is 22.6. The third-order valence-electron chi connectivity index (χ3n) is 7.48. The Morgan fingerprint density at radius 2 is 1.22 bits per heavy atom. The van der Waals surface area contributed by atoms with Crippen molar-refractivity contribution >= 4 is 5.76 Å². The lowest BCUT2D eigenvalue weighted by atomic mass is 9.79. The Kier molecular flexibility index (Phi) is 16.2. The summed E-state index contributed by atoms with van der Waals surface area (Å²) in [6.45, 7) is 12.8. The molecule has 208 valence electrons. The quantitative estimate of drug-likeness (QED) is 0.219. The van der Waals surface area contributed by atoms with E-state index in [1.54, 1.807) is 7.11 Å². The predicted molar refractivity (Wildman–Crippen MR) is 147 cm³/mol. The highest BCUT2D eigenvalue weighted by Crippen LogP contribution is 2.37. The number of methoxy groups -OCH3 is 1. The summed E-state index contributed by atoms with van der Waals surface area (Å²) in [5, 5.41) is 0. The number of rotatable bonds is 11. The smallest absolute Gasteiger partial charge is 0.137 e. The van der Waals surface area contributed by atoms with Crippen molar-refractivity contribution in [2.24, 2.45) is 17.8 Å². The largest absolute Gasteiger partial charge is 0.493 e.